The topological polar surface area (TPSA) is 99.7 Å². The van der Waals surface area contributed by atoms with Gasteiger partial charge < -0.3 is 20.8 Å². The minimum atomic E-state index is -0.328. The summed E-state index contributed by atoms with van der Waals surface area (Å²) < 4.78 is 0. The molecule has 1 aromatic rings. The molecule has 0 spiro atoms. The summed E-state index contributed by atoms with van der Waals surface area (Å²) >= 11 is 1.18. The lowest BCUT2D eigenvalue weighted by Gasteiger charge is -2.19. The summed E-state index contributed by atoms with van der Waals surface area (Å²) in [6.07, 6.45) is 0. The van der Waals surface area contributed by atoms with Gasteiger partial charge in [0.25, 0.3) is 5.91 Å². The van der Waals surface area contributed by atoms with Crippen molar-refractivity contribution < 1.29 is 15.0 Å². The zero-order chi connectivity index (χ0) is 11.3. The predicted octanol–water partition coefficient (Wildman–Crippen LogP) is -0.848. The molecule has 0 bridgehead atoms. The number of hydrogen-bond acceptors (Lipinski definition) is 6. The number of thiazole rings is 1. The molecule has 0 saturated carbocycles. The maximum atomic E-state index is 11.7. The van der Waals surface area contributed by atoms with E-state index in [4.69, 9.17) is 15.9 Å². The molecular formula is C8H13N3O3S. The van der Waals surface area contributed by atoms with Crippen LogP contribution >= 0.6 is 11.3 Å². The van der Waals surface area contributed by atoms with Crippen LogP contribution in [0.15, 0.2) is 5.38 Å². The molecule has 1 aromatic heterocycles. The van der Waals surface area contributed by atoms with Crippen LogP contribution in [0.2, 0.25) is 0 Å². The number of nitrogens with zero attached hydrogens (tertiary/aromatic N) is 2. The molecule has 4 N–H and O–H groups in total. The first-order chi connectivity index (χ1) is 7.19. The van der Waals surface area contributed by atoms with Gasteiger partial charge in [-0.15, -0.1) is 11.3 Å². The van der Waals surface area contributed by atoms with Crippen LogP contribution in [0.4, 0.5) is 5.13 Å². The van der Waals surface area contributed by atoms with E-state index < -0.39 is 0 Å². The first-order valence-electron chi connectivity index (χ1n) is 4.41. The van der Waals surface area contributed by atoms with Gasteiger partial charge in [-0.1, -0.05) is 0 Å². The molecule has 1 heterocycles. The van der Waals surface area contributed by atoms with Crippen molar-refractivity contribution in [2.45, 2.75) is 0 Å². The average molecular weight is 231 g/mol. The third kappa shape index (κ3) is 3.15. The molecular weight excluding hydrogens is 218 g/mol. The monoisotopic (exact) mass is 231 g/mol. The summed E-state index contributed by atoms with van der Waals surface area (Å²) in [7, 11) is 0. The number of aromatic nitrogens is 1. The molecule has 0 aliphatic heterocycles. The summed E-state index contributed by atoms with van der Waals surface area (Å²) in [5.74, 6) is -0.328. The largest absolute Gasteiger partial charge is 0.395 e. The van der Waals surface area contributed by atoms with Crippen molar-refractivity contribution in [3.05, 3.63) is 11.1 Å². The van der Waals surface area contributed by atoms with Crippen LogP contribution in [0.1, 0.15) is 10.5 Å². The fourth-order valence-corrected chi connectivity index (χ4v) is 1.64. The summed E-state index contributed by atoms with van der Waals surface area (Å²) in [5.41, 5.74) is 5.65. The maximum Gasteiger partial charge on any atom is 0.273 e. The molecule has 0 unspecified atom stereocenters. The first kappa shape index (κ1) is 11.9. The molecule has 0 radical (unpaired) electrons. The van der Waals surface area contributed by atoms with E-state index in [9.17, 15) is 4.79 Å². The molecule has 0 saturated heterocycles. The second kappa shape index (κ2) is 5.64. The molecule has 1 amide bonds. The van der Waals surface area contributed by atoms with E-state index >= 15 is 0 Å². The zero-order valence-corrected chi connectivity index (χ0v) is 8.90. The lowest BCUT2D eigenvalue weighted by atomic mass is 10.4. The zero-order valence-electron chi connectivity index (χ0n) is 8.09. The van der Waals surface area contributed by atoms with E-state index in [1.54, 1.807) is 5.38 Å². The summed E-state index contributed by atoms with van der Waals surface area (Å²) in [6.45, 7) is 0.0599. The molecule has 7 heteroatoms. The summed E-state index contributed by atoms with van der Waals surface area (Å²) in [6, 6.07) is 0. The number of aliphatic hydroxyl groups excluding tert-OH is 2. The Morgan fingerprint density at radius 2 is 2.07 bits per heavy atom. The van der Waals surface area contributed by atoms with Crippen LogP contribution in [-0.2, 0) is 0 Å². The Morgan fingerprint density at radius 1 is 1.47 bits per heavy atom. The van der Waals surface area contributed by atoms with Crippen molar-refractivity contribution in [2.75, 3.05) is 32.0 Å². The summed E-state index contributed by atoms with van der Waals surface area (Å²) in [5, 5.41) is 19.4. The highest BCUT2D eigenvalue weighted by molar-refractivity contribution is 7.13. The molecule has 1 rings (SSSR count). The molecule has 0 aliphatic rings. The van der Waals surface area contributed by atoms with Gasteiger partial charge in [-0.05, 0) is 0 Å². The Hall–Kier alpha value is -1.18. The van der Waals surface area contributed by atoms with Crippen LogP contribution in [0.3, 0.4) is 0 Å². The third-order valence-electron chi connectivity index (χ3n) is 1.77. The number of nitrogen functional groups attached to an aromatic ring is 1. The van der Waals surface area contributed by atoms with Gasteiger partial charge in [0.2, 0.25) is 0 Å². The molecule has 6 nitrogen and oxygen atoms in total. The lowest BCUT2D eigenvalue weighted by Crippen LogP contribution is -2.36. The maximum absolute atomic E-state index is 11.7. The lowest BCUT2D eigenvalue weighted by molar-refractivity contribution is 0.0680. The third-order valence-corrected chi connectivity index (χ3v) is 2.44. The van der Waals surface area contributed by atoms with Gasteiger partial charge in [0.05, 0.1) is 13.2 Å². The van der Waals surface area contributed by atoms with E-state index in [2.05, 4.69) is 4.98 Å². The minimum Gasteiger partial charge on any atom is -0.395 e. The first-order valence-corrected chi connectivity index (χ1v) is 5.29. The van der Waals surface area contributed by atoms with E-state index in [1.807, 2.05) is 0 Å². The number of nitrogens with two attached hydrogens (primary N) is 1. The van der Waals surface area contributed by atoms with Crippen LogP contribution < -0.4 is 5.73 Å². The Bertz CT molecular complexity index is 323. The Labute approximate surface area is 91.0 Å². The van der Waals surface area contributed by atoms with Gasteiger partial charge in [-0.3, -0.25) is 4.79 Å². The standard InChI is InChI=1S/C8H13N3O3S/c9-8-10-6(5-15-8)7(14)11(1-3-12)2-4-13/h5,12-13H,1-4H2,(H2,9,10). The van der Waals surface area contributed by atoms with Crippen LogP contribution in [-0.4, -0.2) is 52.3 Å². The Kier molecular flexibility index (Phi) is 4.47. The van der Waals surface area contributed by atoms with Crippen molar-refractivity contribution in [1.29, 1.82) is 0 Å². The second-order valence-electron chi connectivity index (χ2n) is 2.81. The Balaban J connectivity index is 2.71. The fraction of sp³-hybridized carbons (Fsp3) is 0.500. The van der Waals surface area contributed by atoms with Gasteiger partial charge in [0, 0.05) is 18.5 Å². The second-order valence-corrected chi connectivity index (χ2v) is 3.70. The number of carbonyl (C=O) groups excluding carboxylic acids is 1. The van der Waals surface area contributed by atoms with Gasteiger partial charge in [-0.2, -0.15) is 0 Å². The number of rotatable bonds is 5. The Morgan fingerprint density at radius 3 is 2.47 bits per heavy atom. The minimum absolute atomic E-state index is 0.147. The van der Waals surface area contributed by atoms with E-state index in [0.717, 1.165) is 0 Å². The normalized spacial score (nSPS) is 10.3. The van der Waals surface area contributed by atoms with Crippen molar-refractivity contribution in [3.8, 4) is 0 Å². The fourth-order valence-electron chi connectivity index (χ4n) is 1.10. The van der Waals surface area contributed by atoms with Gasteiger partial charge >= 0.3 is 0 Å². The highest BCUT2D eigenvalue weighted by atomic mass is 32.1. The van der Waals surface area contributed by atoms with Crippen LogP contribution in [0.5, 0.6) is 0 Å². The molecule has 15 heavy (non-hydrogen) atoms. The SMILES string of the molecule is Nc1nc(C(=O)N(CCO)CCO)cs1. The molecule has 0 atom stereocenters. The van der Waals surface area contributed by atoms with E-state index in [0.29, 0.717) is 5.13 Å². The molecule has 0 aliphatic carbocycles. The van der Waals surface area contributed by atoms with Crippen molar-refractivity contribution in [3.63, 3.8) is 0 Å². The smallest absolute Gasteiger partial charge is 0.273 e. The van der Waals surface area contributed by atoms with Crippen molar-refractivity contribution in [2.24, 2.45) is 0 Å². The number of hydrogen-bond donors (Lipinski definition) is 3. The quantitative estimate of drug-likeness (QED) is 0.613. The van der Waals surface area contributed by atoms with Crippen molar-refractivity contribution >= 4 is 22.4 Å². The van der Waals surface area contributed by atoms with Gasteiger partial charge in [0.15, 0.2) is 5.13 Å². The van der Waals surface area contributed by atoms with Crippen LogP contribution in [0, 0.1) is 0 Å². The van der Waals surface area contributed by atoms with Crippen LogP contribution in [0.25, 0.3) is 0 Å². The van der Waals surface area contributed by atoms with Gasteiger partial charge in [-0.25, -0.2) is 4.98 Å². The number of anilines is 1. The number of amides is 1. The van der Waals surface area contributed by atoms with Gasteiger partial charge in [0.1, 0.15) is 5.69 Å². The average Bonchev–Trinajstić information content (AvgIpc) is 2.63. The number of aliphatic hydroxyl groups is 2. The molecule has 84 valence electrons. The predicted molar refractivity (Wildman–Crippen MR) is 56.6 cm³/mol. The highest BCUT2D eigenvalue weighted by Crippen LogP contribution is 2.12. The van der Waals surface area contributed by atoms with E-state index in [-0.39, 0.29) is 37.9 Å². The summed E-state index contributed by atoms with van der Waals surface area (Å²) in [4.78, 5) is 16.9. The molecule has 0 fully saturated rings. The molecule has 0 aromatic carbocycles. The highest BCUT2D eigenvalue weighted by Gasteiger charge is 2.17. The number of carbonyl (C=O) groups is 1. The van der Waals surface area contributed by atoms with Crippen molar-refractivity contribution in [1.82, 2.24) is 9.88 Å². The van der Waals surface area contributed by atoms with E-state index in [1.165, 1.54) is 16.2 Å².